The lowest BCUT2D eigenvalue weighted by Gasteiger charge is -2.24. The first-order valence-electron chi connectivity index (χ1n) is 7.20. The Morgan fingerprint density at radius 1 is 1.33 bits per heavy atom. The molecule has 0 spiro atoms. The Hall–Kier alpha value is -0.660. The Morgan fingerprint density at radius 3 is 2.42 bits per heavy atom. The summed E-state index contributed by atoms with van der Waals surface area (Å²) in [6.07, 6.45) is 0. The normalized spacial score (nSPS) is 12.3. The summed E-state index contributed by atoms with van der Waals surface area (Å²) in [4.78, 5) is 11.2. The summed E-state index contributed by atoms with van der Waals surface area (Å²) >= 11 is 4.22. The first-order chi connectivity index (χ1) is 11.2. The maximum Gasteiger partial charge on any atom is 0.349 e. The van der Waals surface area contributed by atoms with E-state index in [1.54, 1.807) is 26.8 Å². The van der Waals surface area contributed by atoms with E-state index >= 15 is 0 Å². The highest BCUT2D eigenvalue weighted by atomic mass is 79.9. The Labute approximate surface area is 152 Å². The second-order valence-electron chi connectivity index (χ2n) is 4.91. The lowest BCUT2D eigenvalue weighted by atomic mass is 10.1. The summed E-state index contributed by atoms with van der Waals surface area (Å²) in [6.45, 7) is 5.32. The van der Waals surface area contributed by atoms with E-state index < -0.39 is 19.9 Å². The van der Waals surface area contributed by atoms with E-state index in [0.717, 1.165) is 11.3 Å². The molecule has 0 atom stereocenters. The van der Waals surface area contributed by atoms with E-state index in [2.05, 4.69) is 15.9 Å². The largest absolute Gasteiger partial charge is 0.366 e. The Kier molecular flexibility index (Phi) is 6.31. The predicted octanol–water partition coefficient (Wildman–Crippen LogP) is 5.51. The minimum atomic E-state index is -3.27. The molecule has 0 radical (unpaired) electrons. The molecular formula is C15H17BrF2NO3PS. The van der Waals surface area contributed by atoms with Crippen LogP contribution in [0, 0.1) is 6.92 Å². The zero-order valence-electron chi connectivity index (χ0n) is 13.4. The lowest BCUT2D eigenvalue weighted by Crippen LogP contribution is -2.13. The molecule has 4 nitrogen and oxygen atoms in total. The molecule has 1 amide bonds. The van der Waals surface area contributed by atoms with Crippen LogP contribution >= 0.6 is 35.6 Å². The Morgan fingerprint density at radius 2 is 1.92 bits per heavy atom. The van der Waals surface area contributed by atoms with E-state index in [1.165, 1.54) is 6.07 Å². The number of nitrogens with two attached hydrogens (primary N) is 1. The second-order valence-corrected chi connectivity index (χ2v) is 8.32. The quantitative estimate of drug-likeness (QED) is 0.578. The van der Waals surface area contributed by atoms with Crippen molar-refractivity contribution in [3.05, 3.63) is 32.6 Å². The number of thiophene rings is 1. The highest BCUT2D eigenvalue weighted by Crippen LogP contribution is 2.63. The van der Waals surface area contributed by atoms with E-state index in [-0.39, 0.29) is 28.1 Å². The van der Waals surface area contributed by atoms with Crippen molar-refractivity contribution >= 4 is 51.6 Å². The minimum Gasteiger partial charge on any atom is -0.366 e. The van der Waals surface area contributed by atoms with Crippen LogP contribution in [0.2, 0.25) is 0 Å². The molecule has 1 aromatic heterocycles. The van der Waals surface area contributed by atoms with Gasteiger partial charge in [-0.15, -0.1) is 11.3 Å². The van der Waals surface area contributed by atoms with Crippen LogP contribution in [0.4, 0.5) is 8.78 Å². The van der Waals surface area contributed by atoms with Crippen LogP contribution < -0.4 is 5.73 Å². The number of halogens is 3. The van der Waals surface area contributed by atoms with E-state index in [9.17, 15) is 13.6 Å². The number of primary amides is 1. The van der Waals surface area contributed by atoms with Crippen LogP contribution in [0.5, 0.6) is 0 Å². The molecule has 2 N–H and O–H groups in total. The number of benzene rings is 1. The summed E-state index contributed by atoms with van der Waals surface area (Å²) in [5.74, 6) is -0.600. The molecule has 24 heavy (non-hydrogen) atoms. The van der Waals surface area contributed by atoms with Crippen LogP contribution in [0.1, 0.15) is 34.6 Å². The van der Waals surface area contributed by atoms with Gasteiger partial charge in [-0.2, -0.15) is 8.78 Å². The van der Waals surface area contributed by atoms with Gasteiger partial charge in [0, 0.05) is 20.1 Å². The van der Waals surface area contributed by atoms with Crippen molar-refractivity contribution in [3.8, 4) is 0 Å². The molecule has 0 aliphatic carbocycles. The zero-order chi connectivity index (χ0) is 18.1. The van der Waals surface area contributed by atoms with Gasteiger partial charge in [-0.05, 0) is 54.4 Å². The van der Waals surface area contributed by atoms with Crippen molar-refractivity contribution in [1.82, 2.24) is 0 Å². The fraction of sp³-hybridized carbons (Fsp3) is 0.400. The molecule has 0 bridgehead atoms. The average molecular weight is 440 g/mol. The van der Waals surface area contributed by atoms with Gasteiger partial charge < -0.3 is 14.8 Å². The number of alkyl halides is 2. The first kappa shape index (κ1) is 19.7. The summed E-state index contributed by atoms with van der Waals surface area (Å²) in [5, 5.41) is 0.534. The smallest absolute Gasteiger partial charge is 0.349 e. The molecule has 0 fully saturated rings. The molecule has 0 saturated carbocycles. The van der Waals surface area contributed by atoms with Gasteiger partial charge in [-0.3, -0.25) is 4.79 Å². The number of hydrogen-bond acceptors (Lipinski definition) is 4. The fourth-order valence-electron chi connectivity index (χ4n) is 2.19. The molecule has 132 valence electrons. The van der Waals surface area contributed by atoms with Gasteiger partial charge in [0.15, 0.2) is 0 Å². The van der Waals surface area contributed by atoms with E-state index in [0.29, 0.717) is 15.6 Å². The SMILES string of the molecule is CCOP(OCC)C(F)(F)c1sc2c(C)cc(C(N)=O)cc2c1Br. The Balaban J connectivity index is 2.61. The van der Waals surface area contributed by atoms with Gasteiger partial charge in [-0.1, -0.05) is 0 Å². The highest BCUT2D eigenvalue weighted by molar-refractivity contribution is 9.10. The maximum atomic E-state index is 15.0. The molecular weight excluding hydrogens is 423 g/mol. The summed E-state index contributed by atoms with van der Waals surface area (Å²) in [5.41, 5.74) is 3.03. The van der Waals surface area contributed by atoms with Gasteiger partial charge in [0.05, 0.1) is 18.1 Å². The number of carbonyl (C=O) groups is 1. The van der Waals surface area contributed by atoms with Crippen molar-refractivity contribution in [2.24, 2.45) is 5.73 Å². The summed E-state index contributed by atoms with van der Waals surface area (Å²) in [6, 6.07) is 3.12. The van der Waals surface area contributed by atoms with Crippen molar-refractivity contribution in [2.45, 2.75) is 26.4 Å². The van der Waals surface area contributed by atoms with Gasteiger partial charge in [0.1, 0.15) is 0 Å². The zero-order valence-corrected chi connectivity index (χ0v) is 16.7. The first-order valence-corrected chi connectivity index (χ1v) is 9.99. The monoisotopic (exact) mass is 439 g/mol. The topological polar surface area (TPSA) is 61.6 Å². The lowest BCUT2D eigenvalue weighted by molar-refractivity contribution is 0.0600. The van der Waals surface area contributed by atoms with Gasteiger partial charge in [-0.25, -0.2) is 0 Å². The molecule has 2 aromatic rings. The second kappa shape index (κ2) is 7.70. The fourth-order valence-corrected chi connectivity index (χ4v) is 5.81. The maximum absolute atomic E-state index is 15.0. The third-order valence-corrected chi connectivity index (χ3v) is 7.51. The molecule has 0 aliphatic rings. The molecule has 0 saturated heterocycles. The number of rotatable bonds is 7. The van der Waals surface area contributed by atoms with Crippen molar-refractivity contribution in [3.63, 3.8) is 0 Å². The van der Waals surface area contributed by atoms with Crippen LogP contribution in [0.3, 0.4) is 0 Å². The van der Waals surface area contributed by atoms with Crippen LogP contribution in [0.25, 0.3) is 10.1 Å². The van der Waals surface area contributed by atoms with E-state index in [1.807, 2.05) is 0 Å². The number of hydrogen-bond donors (Lipinski definition) is 1. The van der Waals surface area contributed by atoms with Gasteiger partial charge in [0.25, 0.3) is 8.38 Å². The molecule has 2 rings (SSSR count). The number of aryl methyl sites for hydroxylation is 1. The molecule has 1 aromatic carbocycles. The summed E-state index contributed by atoms with van der Waals surface area (Å²) < 4.78 is 41.1. The van der Waals surface area contributed by atoms with E-state index in [4.69, 9.17) is 14.8 Å². The number of carbonyl (C=O) groups excluding carboxylic acids is 1. The number of amides is 1. The van der Waals surface area contributed by atoms with Gasteiger partial charge in [0.2, 0.25) is 5.91 Å². The van der Waals surface area contributed by atoms with Crippen molar-refractivity contribution < 1.29 is 22.6 Å². The molecule has 0 unspecified atom stereocenters. The van der Waals surface area contributed by atoms with Crippen LogP contribution in [-0.2, 0) is 14.7 Å². The predicted molar refractivity (Wildman–Crippen MR) is 96.8 cm³/mol. The molecule has 1 heterocycles. The van der Waals surface area contributed by atoms with Crippen molar-refractivity contribution in [1.29, 1.82) is 0 Å². The minimum absolute atomic E-state index is 0.134. The third-order valence-electron chi connectivity index (χ3n) is 3.19. The molecule has 9 heteroatoms. The third kappa shape index (κ3) is 3.63. The standard InChI is InChI=1S/C15H17BrF2NO3PS/c1-4-21-23(22-5-2)15(17,18)13-11(16)10-7-9(14(19)20)6-8(3)12(10)24-13/h6-7H,4-5H2,1-3H3,(H2,19,20). The Bertz CT molecular complexity index is 763. The van der Waals surface area contributed by atoms with Crippen molar-refractivity contribution in [2.75, 3.05) is 13.2 Å². The van der Waals surface area contributed by atoms with Gasteiger partial charge >= 0.3 is 5.66 Å². The average Bonchev–Trinajstić information content (AvgIpc) is 2.85. The molecule has 0 aliphatic heterocycles. The summed E-state index contributed by atoms with van der Waals surface area (Å²) in [7, 11) is -2.41. The highest BCUT2D eigenvalue weighted by Gasteiger charge is 2.48. The van der Waals surface area contributed by atoms with Crippen LogP contribution in [0.15, 0.2) is 16.6 Å². The van der Waals surface area contributed by atoms with Crippen LogP contribution in [-0.4, -0.2) is 19.1 Å². The number of fused-ring (bicyclic) bond motifs is 1.